The second-order valence-corrected chi connectivity index (χ2v) is 12.0. The minimum atomic E-state index is -1.69. The quantitative estimate of drug-likeness (QED) is 0.0665. The maximum Gasteiger partial charge on any atom is 1.00 e. The molecule has 0 aliphatic carbocycles. The van der Waals surface area contributed by atoms with Crippen molar-refractivity contribution < 1.29 is 122 Å². The molecular formula is C29H31N7Na2O13S. The number of carbonyl (C=O) groups is 9. The molecule has 52 heavy (non-hydrogen) atoms. The molecular weight excluding hydrogens is 732 g/mol. The molecule has 7 amide bonds. The van der Waals surface area contributed by atoms with Crippen molar-refractivity contribution in [1.82, 2.24) is 25.3 Å². The predicted molar refractivity (Wildman–Crippen MR) is 163 cm³/mol. The van der Waals surface area contributed by atoms with E-state index < -0.39 is 96.1 Å². The third-order valence-electron chi connectivity index (χ3n) is 7.64. The number of likely N-dealkylation sites (N-methyl/N-ethyl adjacent to an activating group) is 1. The molecule has 0 saturated carbocycles. The number of carbonyl (C=O) groups excluding carboxylic acids is 9. The van der Waals surface area contributed by atoms with Gasteiger partial charge in [0.2, 0.25) is 5.91 Å². The number of imide groups is 1. The van der Waals surface area contributed by atoms with Crippen LogP contribution >= 0.6 is 11.8 Å². The summed E-state index contributed by atoms with van der Waals surface area (Å²) in [6.07, 6.45) is -1.06. The molecule has 23 heteroatoms. The van der Waals surface area contributed by atoms with Gasteiger partial charge < -0.3 is 50.5 Å². The van der Waals surface area contributed by atoms with Crippen LogP contribution in [0.15, 0.2) is 35.5 Å². The van der Waals surface area contributed by atoms with Gasteiger partial charge in [-0.1, -0.05) is 12.1 Å². The summed E-state index contributed by atoms with van der Waals surface area (Å²) in [5.41, 5.74) is 5.06. The number of hydrogen-bond acceptors (Lipinski definition) is 15. The number of carboxylic acids is 2. The molecule has 5 N–H and O–H groups in total. The van der Waals surface area contributed by atoms with E-state index in [2.05, 4.69) is 16.0 Å². The molecule has 3 aliphatic rings. The minimum Gasteiger partial charge on any atom is -0.548 e. The summed E-state index contributed by atoms with van der Waals surface area (Å²) in [7, 11) is 0. The number of nitrogens with zero attached hydrogens (tertiary/aromatic N) is 3. The largest absolute Gasteiger partial charge is 1.00 e. The number of amides is 7. The Morgan fingerprint density at radius 1 is 1.00 bits per heavy atom. The molecule has 20 nitrogen and oxygen atoms in total. The Labute approximate surface area is 344 Å². The molecule has 0 radical (unpaired) electrons. The molecule has 2 fully saturated rings. The van der Waals surface area contributed by atoms with Gasteiger partial charge in [-0.3, -0.25) is 39.1 Å². The average molecular weight is 764 g/mol. The molecule has 4 atom stereocenters. The number of piperazine rings is 1. The van der Waals surface area contributed by atoms with Crippen LogP contribution in [0, 0.1) is 0 Å². The second-order valence-electron chi connectivity index (χ2n) is 10.9. The number of anilines is 1. The molecule has 0 aromatic heterocycles. The Morgan fingerprint density at radius 2 is 1.65 bits per heavy atom. The van der Waals surface area contributed by atoms with E-state index in [0.717, 1.165) is 23.6 Å². The number of aliphatic carboxylic acids is 2. The van der Waals surface area contributed by atoms with Crippen LogP contribution in [0.3, 0.4) is 0 Å². The SMILES string of the molecule is CCN1CCN(C(=O)N[C@@H](C(=O)N[C@@H]2C(=O)N3C(C(=O)[O-])=C(COC(C)=O)CS[C@@H]23)c2ccc(NC(=O)OC[C@@H](N)C(=O)[O-])cc2)C(=O)C1=O.[Na+].[Na+]. The Kier molecular flexibility index (Phi) is 16.6. The Hall–Kier alpha value is -3.70. The van der Waals surface area contributed by atoms with Crippen molar-refractivity contribution in [1.29, 1.82) is 0 Å². The van der Waals surface area contributed by atoms with Crippen molar-refractivity contribution in [3.63, 3.8) is 0 Å². The summed E-state index contributed by atoms with van der Waals surface area (Å²) in [6.45, 7) is 1.82. The molecule has 1 aromatic carbocycles. The maximum absolute atomic E-state index is 13.7. The van der Waals surface area contributed by atoms with E-state index in [1.807, 2.05) is 0 Å². The summed E-state index contributed by atoms with van der Waals surface area (Å²) < 4.78 is 9.61. The Bertz CT molecular complexity index is 1660. The van der Waals surface area contributed by atoms with Gasteiger partial charge in [0, 0.05) is 43.6 Å². The minimum absolute atomic E-state index is 0. The summed E-state index contributed by atoms with van der Waals surface area (Å²) in [5.74, 6) is -7.80. The molecule has 0 spiro atoms. The maximum atomic E-state index is 13.7. The first-order chi connectivity index (χ1) is 23.6. The number of benzene rings is 1. The summed E-state index contributed by atoms with van der Waals surface area (Å²) in [6, 6.07) is -0.323. The predicted octanol–water partition coefficient (Wildman–Crippen LogP) is -10.3. The normalized spacial score (nSPS) is 19.1. The van der Waals surface area contributed by atoms with E-state index in [4.69, 9.17) is 15.2 Å². The fourth-order valence-electron chi connectivity index (χ4n) is 5.03. The monoisotopic (exact) mass is 763 g/mol. The number of nitrogens with two attached hydrogens (primary N) is 1. The van der Waals surface area contributed by atoms with Crippen molar-refractivity contribution in [2.75, 3.05) is 43.9 Å². The van der Waals surface area contributed by atoms with Crippen molar-refractivity contribution in [3.8, 4) is 0 Å². The van der Waals surface area contributed by atoms with Crippen LogP contribution in [-0.4, -0.2) is 124 Å². The van der Waals surface area contributed by atoms with Gasteiger partial charge >= 0.3 is 89.0 Å². The van der Waals surface area contributed by atoms with Crippen molar-refractivity contribution in [2.45, 2.75) is 37.3 Å². The van der Waals surface area contributed by atoms with Crippen molar-refractivity contribution in [2.24, 2.45) is 5.73 Å². The first-order valence-electron chi connectivity index (χ1n) is 14.9. The Balaban J connectivity index is 0.00000468. The number of β-lactam (4-membered cyclic amide) rings is 1. The number of thioether (sulfide) groups is 1. The number of carboxylic acid groups (broad SMARTS) is 2. The number of nitrogens with one attached hydrogen (secondary N) is 3. The van der Waals surface area contributed by atoms with Gasteiger partial charge in [-0.15, -0.1) is 11.8 Å². The van der Waals surface area contributed by atoms with Crippen molar-refractivity contribution in [3.05, 3.63) is 41.1 Å². The van der Waals surface area contributed by atoms with Gasteiger partial charge in [0.25, 0.3) is 5.91 Å². The zero-order valence-corrected chi connectivity index (χ0v) is 33.3. The van der Waals surface area contributed by atoms with Crippen LogP contribution in [0.1, 0.15) is 25.5 Å². The smallest absolute Gasteiger partial charge is 0.548 e. The van der Waals surface area contributed by atoms with Crippen LogP contribution in [-0.2, 0) is 43.0 Å². The summed E-state index contributed by atoms with van der Waals surface area (Å²) in [4.78, 5) is 114. The standard InChI is InChI=1S/C29H33N7O13S.2Na/c1-3-34-8-9-35(24(41)23(34)40)28(46)33-18(14-4-6-16(7-5-14)31-29(47)49-11-17(30)26(42)43)21(38)32-19-22(39)36-20(27(44)45)15(10-48-13(2)37)12-50-25(19)36;;/h4-7,17-19,25H,3,8-12,30H2,1-2H3,(H,31,47)(H,32,38)(H,33,46)(H,42,43)(H,44,45);;/q;2*+1/p-2/t17-,18-,19-,25+;;/m1../s1. The zero-order valence-electron chi connectivity index (χ0n) is 28.5. The number of esters is 1. The van der Waals surface area contributed by atoms with E-state index in [0.29, 0.717) is 4.90 Å². The van der Waals surface area contributed by atoms with Gasteiger partial charge in [-0.2, -0.15) is 0 Å². The molecule has 0 bridgehead atoms. The van der Waals surface area contributed by atoms with Gasteiger partial charge in [-0.25, -0.2) is 9.59 Å². The second kappa shape index (κ2) is 19.4. The molecule has 1 aromatic rings. The van der Waals surface area contributed by atoms with Crippen LogP contribution < -0.4 is 91.0 Å². The Morgan fingerprint density at radius 3 is 2.23 bits per heavy atom. The molecule has 0 unspecified atom stereocenters. The molecule has 4 rings (SSSR count). The van der Waals surface area contributed by atoms with Crippen LogP contribution in [0.25, 0.3) is 0 Å². The van der Waals surface area contributed by atoms with Gasteiger partial charge in [-0.05, 0) is 24.6 Å². The number of fused-ring (bicyclic) bond motifs is 1. The molecule has 2 saturated heterocycles. The van der Waals surface area contributed by atoms with Crippen LogP contribution in [0.5, 0.6) is 0 Å². The topological polar surface area (TPSA) is 290 Å². The third-order valence-corrected chi connectivity index (χ3v) is 8.98. The van der Waals surface area contributed by atoms with Gasteiger partial charge in [0.1, 0.15) is 30.7 Å². The summed E-state index contributed by atoms with van der Waals surface area (Å²) >= 11 is 1.08. The summed E-state index contributed by atoms with van der Waals surface area (Å²) in [5, 5.41) is 29.0. The fourth-order valence-corrected chi connectivity index (χ4v) is 6.35. The van der Waals surface area contributed by atoms with Gasteiger partial charge in [0.05, 0.1) is 23.7 Å². The molecule has 268 valence electrons. The number of hydrogen-bond donors (Lipinski definition) is 4. The van der Waals surface area contributed by atoms with E-state index in [-0.39, 0.29) is 101 Å². The first-order valence-corrected chi connectivity index (χ1v) is 15.9. The zero-order chi connectivity index (χ0) is 36.9. The molecule has 3 aliphatic heterocycles. The van der Waals surface area contributed by atoms with E-state index >= 15 is 0 Å². The first kappa shape index (κ1) is 44.5. The van der Waals surface area contributed by atoms with Crippen LogP contribution in [0.4, 0.5) is 15.3 Å². The van der Waals surface area contributed by atoms with Gasteiger partial charge in [0.15, 0.2) is 0 Å². The number of urea groups is 1. The molecule has 3 heterocycles. The fraction of sp³-hybridized carbons (Fsp3) is 0.414. The number of ether oxygens (including phenoxy) is 2. The van der Waals surface area contributed by atoms with E-state index in [1.54, 1.807) is 6.92 Å². The van der Waals surface area contributed by atoms with Crippen LogP contribution in [0.2, 0.25) is 0 Å². The van der Waals surface area contributed by atoms with E-state index in [9.17, 15) is 53.4 Å². The van der Waals surface area contributed by atoms with Crippen molar-refractivity contribution >= 4 is 71.1 Å². The average Bonchev–Trinajstić information content (AvgIpc) is 3.08. The third kappa shape index (κ3) is 10.2. The number of rotatable bonds is 12. The van der Waals surface area contributed by atoms with E-state index in [1.165, 1.54) is 29.2 Å².